The van der Waals surface area contributed by atoms with Crippen molar-refractivity contribution in [3.8, 4) is 11.1 Å². The molecule has 0 bridgehead atoms. The Balaban J connectivity index is 1.22. The summed E-state index contributed by atoms with van der Waals surface area (Å²) in [6.07, 6.45) is 3.17. The second kappa shape index (κ2) is 14.3. The second-order valence-corrected chi connectivity index (χ2v) is 12.1. The van der Waals surface area contributed by atoms with Crippen molar-refractivity contribution in [2.75, 3.05) is 19.6 Å². The molecular formula is C38H42N2O4. The predicted octanol–water partition coefficient (Wildman–Crippen LogP) is 7.05. The molecule has 0 aliphatic carbocycles. The van der Waals surface area contributed by atoms with Crippen LogP contribution >= 0.6 is 0 Å². The van der Waals surface area contributed by atoms with Crippen LogP contribution in [0.2, 0.25) is 0 Å². The third-order valence-electron chi connectivity index (χ3n) is 8.92. The fourth-order valence-corrected chi connectivity index (χ4v) is 6.32. The van der Waals surface area contributed by atoms with E-state index in [1.54, 1.807) is 0 Å². The Bertz CT molecular complexity index is 1520. The van der Waals surface area contributed by atoms with E-state index in [-0.39, 0.29) is 30.6 Å². The van der Waals surface area contributed by atoms with Crippen LogP contribution in [0, 0.1) is 5.92 Å². The van der Waals surface area contributed by atoms with Gasteiger partial charge in [-0.2, -0.15) is 0 Å². The number of nitrogens with one attached hydrogen (secondary N) is 1. The lowest BCUT2D eigenvalue weighted by Gasteiger charge is -2.43. The quantitative estimate of drug-likeness (QED) is 0.219. The van der Waals surface area contributed by atoms with E-state index in [1.807, 2.05) is 54.6 Å². The molecule has 2 heterocycles. The summed E-state index contributed by atoms with van der Waals surface area (Å²) in [4.78, 5) is 15.1. The molecule has 0 radical (unpaired) electrons. The molecule has 2 fully saturated rings. The van der Waals surface area contributed by atoms with Gasteiger partial charge in [0.15, 0.2) is 6.29 Å². The molecule has 0 spiro atoms. The predicted molar refractivity (Wildman–Crippen MR) is 173 cm³/mol. The number of likely N-dealkylation sites (tertiary alicyclic amines) is 1. The molecule has 6 nitrogen and oxygen atoms in total. The number of benzene rings is 4. The van der Waals surface area contributed by atoms with E-state index in [4.69, 9.17) is 9.47 Å². The number of carbonyl (C=O) groups excluding carboxylic acids is 1. The minimum Gasteiger partial charge on any atom is -0.392 e. The summed E-state index contributed by atoms with van der Waals surface area (Å²) in [6, 6.07) is 34.1. The topological polar surface area (TPSA) is 71.0 Å². The van der Waals surface area contributed by atoms with Crippen molar-refractivity contribution in [1.82, 2.24) is 10.2 Å². The number of nitrogens with zero attached hydrogens (tertiary/aromatic N) is 1. The molecule has 228 valence electrons. The van der Waals surface area contributed by atoms with Gasteiger partial charge in [0.2, 0.25) is 0 Å². The maximum absolute atomic E-state index is 12.6. The highest BCUT2D eigenvalue weighted by atomic mass is 16.7. The van der Waals surface area contributed by atoms with Crippen molar-refractivity contribution in [3.05, 3.63) is 131 Å². The number of hydrogen-bond donors (Lipinski definition) is 2. The van der Waals surface area contributed by atoms with Crippen LogP contribution in [0.3, 0.4) is 0 Å². The molecule has 2 aliphatic rings. The Kier molecular flexibility index (Phi) is 9.83. The van der Waals surface area contributed by atoms with Gasteiger partial charge in [-0.3, -0.25) is 4.79 Å². The third-order valence-corrected chi connectivity index (χ3v) is 8.92. The lowest BCUT2D eigenvalue weighted by molar-refractivity contribution is -0.276. The van der Waals surface area contributed by atoms with Crippen LogP contribution < -0.4 is 5.32 Å². The van der Waals surface area contributed by atoms with Gasteiger partial charge in [-0.1, -0.05) is 92.2 Å². The largest absolute Gasteiger partial charge is 0.392 e. The van der Waals surface area contributed by atoms with Gasteiger partial charge in [-0.05, 0) is 78.0 Å². The van der Waals surface area contributed by atoms with E-state index in [0.717, 1.165) is 53.0 Å². The van der Waals surface area contributed by atoms with E-state index >= 15 is 0 Å². The first-order valence-corrected chi connectivity index (χ1v) is 15.8. The van der Waals surface area contributed by atoms with Crippen LogP contribution in [-0.4, -0.2) is 41.7 Å². The zero-order valence-electron chi connectivity index (χ0n) is 25.4. The van der Waals surface area contributed by atoms with Gasteiger partial charge < -0.3 is 24.8 Å². The minimum atomic E-state index is -0.503. The average Bonchev–Trinajstić information content (AvgIpc) is 3.09. The molecule has 0 aromatic heterocycles. The van der Waals surface area contributed by atoms with Crippen LogP contribution in [0.15, 0.2) is 103 Å². The van der Waals surface area contributed by atoms with Gasteiger partial charge in [0.1, 0.15) is 0 Å². The maximum atomic E-state index is 12.6. The summed E-state index contributed by atoms with van der Waals surface area (Å²) in [5, 5.41) is 12.6. The van der Waals surface area contributed by atoms with Crippen molar-refractivity contribution < 1.29 is 19.4 Å². The van der Waals surface area contributed by atoms with Crippen molar-refractivity contribution in [2.24, 2.45) is 5.92 Å². The Morgan fingerprint density at radius 2 is 1.52 bits per heavy atom. The fourth-order valence-electron chi connectivity index (χ4n) is 6.32. The number of rotatable bonds is 9. The molecule has 4 unspecified atom stereocenters. The zero-order valence-corrected chi connectivity index (χ0v) is 25.4. The normalized spacial score (nSPS) is 22.4. The minimum absolute atomic E-state index is 0.0228. The van der Waals surface area contributed by atoms with Gasteiger partial charge in [-0.25, -0.2) is 0 Å². The SMILES string of the molecule is CC1C(CN2CCCCC2)OC(c2cccc(-c3cccc(CNC(=O)c4ccccc4)c3)c2)OC1c1ccc(CO)cc1. The van der Waals surface area contributed by atoms with E-state index < -0.39 is 6.29 Å². The highest BCUT2D eigenvalue weighted by Crippen LogP contribution is 2.42. The Hall–Kier alpha value is -3.81. The lowest BCUT2D eigenvalue weighted by Crippen LogP contribution is -2.45. The maximum Gasteiger partial charge on any atom is 0.251 e. The van der Waals surface area contributed by atoms with Gasteiger partial charge >= 0.3 is 0 Å². The highest BCUT2D eigenvalue weighted by molar-refractivity contribution is 5.94. The first kappa shape index (κ1) is 30.2. The second-order valence-electron chi connectivity index (χ2n) is 12.1. The lowest BCUT2D eigenvalue weighted by atomic mass is 9.89. The molecule has 4 atom stereocenters. The molecule has 0 saturated carbocycles. The fraction of sp³-hybridized carbons (Fsp3) is 0.342. The molecule has 44 heavy (non-hydrogen) atoms. The summed E-state index contributed by atoms with van der Waals surface area (Å²) in [5.41, 5.74) is 6.81. The number of aliphatic hydroxyl groups excluding tert-OH is 1. The van der Waals surface area contributed by atoms with Gasteiger partial charge in [0.05, 0.1) is 18.8 Å². The van der Waals surface area contributed by atoms with Crippen molar-refractivity contribution in [2.45, 2.75) is 57.8 Å². The molecule has 4 aromatic rings. The van der Waals surface area contributed by atoms with Gasteiger partial charge in [0, 0.05) is 30.1 Å². The van der Waals surface area contributed by atoms with E-state index in [2.05, 4.69) is 65.7 Å². The zero-order chi connectivity index (χ0) is 30.3. The smallest absolute Gasteiger partial charge is 0.251 e. The molecule has 4 aromatic carbocycles. The van der Waals surface area contributed by atoms with Crippen molar-refractivity contribution in [1.29, 1.82) is 0 Å². The third kappa shape index (κ3) is 7.28. The van der Waals surface area contributed by atoms with E-state index in [9.17, 15) is 9.90 Å². The number of aliphatic hydroxyl groups is 1. The van der Waals surface area contributed by atoms with Gasteiger partial charge in [0.25, 0.3) is 5.91 Å². The van der Waals surface area contributed by atoms with Crippen LogP contribution in [0.4, 0.5) is 0 Å². The summed E-state index contributed by atoms with van der Waals surface area (Å²) in [5.74, 6) is 0.0811. The molecular weight excluding hydrogens is 548 g/mol. The van der Waals surface area contributed by atoms with Crippen LogP contribution in [0.1, 0.15) is 71.2 Å². The van der Waals surface area contributed by atoms with E-state index in [1.165, 1.54) is 19.3 Å². The van der Waals surface area contributed by atoms with Crippen LogP contribution in [0.25, 0.3) is 11.1 Å². The molecule has 1 amide bonds. The molecule has 2 aliphatic heterocycles. The number of piperidine rings is 1. The van der Waals surface area contributed by atoms with Gasteiger partial charge in [-0.15, -0.1) is 0 Å². The first-order chi connectivity index (χ1) is 21.6. The van der Waals surface area contributed by atoms with Crippen LogP contribution in [-0.2, 0) is 22.6 Å². The summed E-state index contributed by atoms with van der Waals surface area (Å²) in [7, 11) is 0. The average molecular weight is 591 g/mol. The number of amides is 1. The van der Waals surface area contributed by atoms with Crippen molar-refractivity contribution >= 4 is 5.91 Å². The Labute approximate surface area is 260 Å². The monoisotopic (exact) mass is 590 g/mol. The molecule has 2 saturated heterocycles. The standard InChI is InChI=1S/C38H42N2O4/c1-27-35(25-40-20-6-3-7-21-40)43-38(44-36(27)30-18-16-28(26-41)17-19-30)34-15-9-14-33(23-34)32-13-8-10-29(22-32)24-39-37(42)31-11-4-2-5-12-31/h2,4-5,8-19,22-23,27,35-36,38,41H,3,6-7,20-21,24-26H2,1H3,(H,39,42). The highest BCUT2D eigenvalue weighted by Gasteiger charge is 2.39. The number of hydrogen-bond acceptors (Lipinski definition) is 5. The Morgan fingerprint density at radius 1 is 0.795 bits per heavy atom. The first-order valence-electron chi connectivity index (χ1n) is 15.8. The summed E-state index contributed by atoms with van der Waals surface area (Å²) in [6.45, 7) is 5.83. The molecule has 6 heteroatoms. The number of carbonyl (C=O) groups is 1. The Morgan fingerprint density at radius 3 is 2.27 bits per heavy atom. The summed E-state index contributed by atoms with van der Waals surface area (Å²) < 4.78 is 13.5. The molecule has 2 N–H and O–H groups in total. The molecule has 6 rings (SSSR count). The summed E-state index contributed by atoms with van der Waals surface area (Å²) >= 11 is 0. The van der Waals surface area contributed by atoms with E-state index in [0.29, 0.717) is 12.1 Å². The van der Waals surface area contributed by atoms with Crippen molar-refractivity contribution in [3.63, 3.8) is 0 Å². The number of ether oxygens (including phenoxy) is 2. The van der Waals surface area contributed by atoms with Crippen LogP contribution in [0.5, 0.6) is 0 Å².